The van der Waals surface area contributed by atoms with Crippen molar-refractivity contribution in [2.45, 2.75) is 106 Å². The van der Waals surface area contributed by atoms with E-state index in [2.05, 4.69) is 10.5 Å². The Kier molecular flexibility index (Phi) is 5.78. The second-order valence-electron chi connectivity index (χ2n) is 14.3. The Bertz CT molecular complexity index is 1460. The topological polar surface area (TPSA) is 174 Å². The number of esters is 1. The summed E-state index contributed by atoms with van der Waals surface area (Å²) in [5.41, 5.74) is -10.2. The van der Waals surface area contributed by atoms with Gasteiger partial charge in [-0.2, -0.15) is 5.48 Å². The lowest BCUT2D eigenvalue weighted by Gasteiger charge is -2.61. The van der Waals surface area contributed by atoms with Crippen molar-refractivity contribution in [2.75, 3.05) is 0 Å². The summed E-state index contributed by atoms with van der Waals surface area (Å²) in [6.45, 7) is 8.45. The van der Waals surface area contributed by atoms with Crippen LogP contribution in [0.15, 0.2) is 48.7 Å². The first-order valence-electron chi connectivity index (χ1n) is 15.1. The van der Waals surface area contributed by atoms with Gasteiger partial charge in [0.2, 0.25) is 0 Å². The van der Waals surface area contributed by atoms with E-state index in [9.17, 15) is 30.3 Å². The molecule has 1 spiro atoms. The van der Waals surface area contributed by atoms with Crippen LogP contribution in [0.5, 0.6) is 0 Å². The number of hydroxylamine groups is 1. The van der Waals surface area contributed by atoms with Crippen LogP contribution in [0.25, 0.3) is 0 Å². The minimum atomic E-state index is -2.42. The van der Waals surface area contributed by atoms with Gasteiger partial charge in [0.1, 0.15) is 28.0 Å². The van der Waals surface area contributed by atoms with Gasteiger partial charge in [0, 0.05) is 18.0 Å². The maximum atomic E-state index is 13.7. The SMILES string of the molecule is CC1CCC2(O)C3(C)CC4(O)OC2(C1O)C1(O)C3(NOCc2ccccc2)C(OC(=O)c2ccc[nH]2)C(O)(C(C)C)C41C. The maximum absolute atomic E-state index is 13.7. The first-order chi connectivity index (χ1) is 20.1. The molecule has 0 amide bonds. The molecular formula is C32H42N2O9. The van der Waals surface area contributed by atoms with Gasteiger partial charge in [-0.05, 0) is 49.3 Å². The minimum Gasteiger partial charge on any atom is -0.452 e. The summed E-state index contributed by atoms with van der Waals surface area (Å²) in [7, 11) is 0. The van der Waals surface area contributed by atoms with Crippen LogP contribution in [0.3, 0.4) is 0 Å². The van der Waals surface area contributed by atoms with E-state index in [0.717, 1.165) is 5.56 Å². The van der Waals surface area contributed by atoms with Crippen LogP contribution in [0, 0.1) is 22.7 Å². The number of aliphatic hydroxyl groups excluding tert-OH is 1. The molecule has 11 nitrogen and oxygen atoms in total. The normalized spacial score (nSPS) is 50.8. The first kappa shape index (κ1) is 29.4. The van der Waals surface area contributed by atoms with Gasteiger partial charge >= 0.3 is 5.97 Å². The lowest BCUT2D eigenvalue weighted by molar-refractivity contribution is -0.387. The Hall–Kier alpha value is -2.35. The van der Waals surface area contributed by atoms with Crippen molar-refractivity contribution >= 4 is 5.97 Å². The standard InChI is InChI=1S/C32H42N2O9/c1-18(2)29(39)24(42-23(36)21-12-9-15-33-21)30(34-41-16-20-10-7-6-8-11-20)25(4)17-28(38)26(29,5)32(30,40)31(43-28)22(35)19(3)13-14-27(25,31)37/h6-12,15,18-19,22,24,33-35,37-40H,13-14,16-17H2,1-5H3. The number of benzene rings is 1. The van der Waals surface area contributed by atoms with E-state index in [1.54, 1.807) is 40.0 Å². The van der Waals surface area contributed by atoms with Crippen molar-refractivity contribution in [3.8, 4) is 0 Å². The third-order valence-corrected chi connectivity index (χ3v) is 12.7. The molecule has 11 heteroatoms. The molecule has 3 heterocycles. The van der Waals surface area contributed by atoms with E-state index in [1.165, 1.54) is 13.0 Å². The number of hydrogen-bond acceptors (Lipinski definition) is 10. The Balaban J connectivity index is 1.51. The Morgan fingerprint density at radius 1 is 1.12 bits per heavy atom. The third kappa shape index (κ3) is 2.65. The molecule has 6 aliphatic rings. The molecule has 6 bridgehead atoms. The van der Waals surface area contributed by atoms with E-state index in [4.69, 9.17) is 14.3 Å². The zero-order valence-corrected chi connectivity index (χ0v) is 25.1. The Labute approximate surface area is 250 Å². The summed E-state index contributed by atoms with van der Waals surface area (Å²) in [4.78, 5) is 22.7. The fourth-order valence-electron chi connectivity index (χ4n) is 10.7. The largest absolute Gasteiger partial charge is 0.452 e. The van der Waals surface area contributed by atoms with Crippen LogP contribution in [0.4, 0.5) is 0 Å². The van der Waals surface area contributed by atoms with Crippen molar-refractivity contribution in [3.63, 3.8) is 0 Å². The van der Waals surface area contributed by atoms with Gasteiger partial charge in [0.15, 0.2) is 17.5 Å². The van der Waals surface area contributed by atoms with Gasteiger partial charge in [0.05, 0.1) is 18.1 Å². The molecule has 6 fully saturated rings. The van der Waals surface area contributed by atoms with Crippen molar-refractivity contribution in [3.05, 3.63) is 59.9 Å². The van der Waals surface area contributed by atoms with Gasteiger partial charge in [-0.3, -0.25) is 4.84 Å². The van der Waals surface area contributed by atoms with Crippen LogP contribution in [-0.4, -0.2) is 82.4 Å². The van der Waals surface area contributed by atoms with Crippen LogP contribution in [0.1, 0.15) is 69.9 Å². The van der Waals surface area contributed by atoms with E-state index in [1.807, 2.05) is 30.3 Å². The van der Waals surface area contributed by atoms with E-state index in [-0.39, 0.29) is 25.1 Å². The number of hydrogen-bond donors (Lipinski definition) is 7. The fraction of sp³-hybridized carbons (Fsp3) is 0.656. The predicted molar refractivity (Wildman–Crippen MR) is 151 cm³/mol. The number of aliphatic hydroxyl groups is 5. The molecule has 1 aromatic carbocycles. The molecule has 2 aliphatic heterocycles. The smallest absolute Gasteiger partial charge is 0.355 e. The summed E-state index contributed by atoms with van der Waals surface area (Å²) in [6.07, 6.45) is -1.18. The highest BCUT2D eigenvalue weighted by molar-refractivity contribution is 5.87. The van der Waals surface area contributed by atoms with Crippen LogP contribution in [-0.2, 0) is 20.9 Å². The summed E-state index contributed by atoms with van der Waals surface area (Å²) < 4.78 is 12.8. The second kappa shape index (κ2) is 8.46. The van der Waals surface area contributed by atoms with Gasteiger partial charge in [-0.15, -0.1) is 0 Å². The molecule has 11 atom stereocenters. The van der Waals surface area contributed by atoms with Crippen LogP contribution < -0.4 is 5.48 Å². The van der Waals surface area contributed by atoms with Crippen LogP contribution in [0.2, 0.25) is 0 Å². The van der Waals surface area contributed by atoms with Crippen molar-refractivity contribution in [1.29, 1.82) is 0 Å². The summed E-state index contributed by atoms with van der Waals surface area (Å²) in [5, 5.41) is 64.0. The summed E-state index contributed by atoms with van der Waals surface area (Å²) >= 11 is 0. The Morgan fingerprint density at radius 2 is 1.81 bits per heavy atom. The quantitative estimate of drug-likeness (QED) is 0.183. The zero-order chi connectivity index (χ0) is 31.1. The Morgan fingerprint density at radius 3 is 2.44 bits per heavy atom. The lowest BCUT2D eigenvalue weighted by Crippen LogP contribution is -2.78. The van der Waals surface area contributed by atoms with Gasteiger partial charge in [-0.1, -0.05) is 58.0 Å². The van der Waals surface area contributed by atoms with Crippen molar-refractivity contribution < 1.29 is 44.6 Å². The molecule has 4 aliphatic carbocycles. The van der Waals surface area contributed by atoms with E-state index >= 15 is 0 Å². The number of rotatable bonds is 7. The molecular weight excluding hydrogens is 556 g/mol. The predicted octanol–water partition coefficient (Wildman–Crippen LogP) is 1.54. The van der Waals surface area contributed by atoms with Crippen molar-refractivity contribution in [1.82, 2.24) is 10.5 Å². The van der Waals surface area contributed by atoms with Crippen LogP contribution >= 0.6 is 0 Å². The molecule has 2 aromatic rings. The third-order valence-electron chi connectivity index (χ3n) is 12.7. The van der Waals surface area contributed by atoms with E-state index in [0.29, 0.717) is 6.42 Å². The number of carbonyl (C=O) groups excluding carboxylic acids is 1. The molecule has 8 rings (SSSR count). The average molecular weight is 599 g/mol. The van der Waals surface area contributed by atoms with Gasteiger partial charge in [-0.25, -0.2) is 4.79 Å². The minimum absolute atomic E-state index is 0.0262. The maximum Gasteiger partial charge on any atom is 0.355 e. The molecule has 1 aromatic heterocycles. The number of carbonyl (C=O) groups is 1. The monoisotopic (exact) mass is 598 g/mol. The van der Waals surface area contributed by atoms with Crippen molar-refractivity contribution in [2.24, 2.45) is 22.7 Å². The van der Waals surface area contributed by atoms with Gasteiger partial charge < -0.3 is 40.0 Å². The first-order valence-corrected chi connectivity index (χ1v) is 15.1. The molecule has 2 saturated heterocycles. The molecule has 7 N–H and O–H groups in total. The highest BCUT2D eigenvalue weighted by Crippen LogP contribution is 2.90. The number of nitrogens with one attached hydrogen (secondary N) is 2. The second-order valence-corrected chi connectivity index (χ2v) is 14.3. The lowest BCUT2D eigenvalue weighted by atomic mass is 9.51. The zero-order valence-electron chi connectivity index (χ0n) is 25.1. The molecule has 11 unspecified atom stereocenters. The summed E-state index contributed by atoms with van der Waals surface area (Å²) in [5.74, 6) is -4.19. The average Bonchev–Trinajstić information content (AvgIpc) is 3.59. The highest BCUT2D eigenvalue weighted by Gasteiger charge is 3.10. The van der Waals surface area contributed by atoms with Gasteiger partial charge in [0.25, 0.3) is 0 Å². The molecule has 234 valence electrons. The molecule has 43 heavy (non-hydrogen) atoms. The fourth-order valence-corrected chi connectivity index (χ4v) is 10.7. The number of aromatic amines is 1. The highest BCUT2D eigenvalue weighted by atomic mass is 16.7. The number of ether oxygens (including phenoxy) is 2. The number of aromatic nitrogens is 1. The van der Waals surface area contributed by atoms with E-state index < -0.39 is 74.6 Å². The molecule has 0 radical (unpaired) electrons. The summed E-state index contributed by atoms with van der Waals surface area (Å²) in [6, 6.07) is 12.5. The molecule has 4 saturated carbocycles. The number of H-pyrrole nitrogens is 1.